The second-order valence-electron chi connectivity index (χ2n) is 2.05. The average Bonchev–Trinajstić information content (AvgIpc) is 2.01. The number of benzene rings is 1. The van der Waals surface area contributed by atoms with Gasteiger partial charge < -0.3 is 10.4 Å². The summed E-state index contributed by atoms with van der Waals surface area (Å²) in [5, 5.41) is 10.8. The number of carbonyl (C=O) groups excluding carboxylic acids is 1. The maximum absolute atomic E-state index is 12.5. The molecule has 0 bridgehead atoms. The Bertz CT molecular complexity index is 291. The molecule has 12 heavy (non-hydrogen) atoms. The average molecular weight is 173 g/mol. The summed E-state index contributed by atoms with van der Waals surface area (Å²) in [6.45, 7) is 0. The van der Waals surface area contributed by atoms with Crippen LogP contribution in [0.2, 0.25) is 0 Å². The minimum absolute atomic E-state index is 0.00130. The van der Waals surface area contributed by atoms with E-state index in [9.17, 15) is 13.6 Å². The number of amides is 1. The number of carbonyl (C=O) groups is 1. The van der Waals surface area contributed by atoms with Gasteiger partial charge in [0.2, 0.25) is 6.41 Å². The molecule has 64 valence electrons. The van der Waals surface area contributed by atoms with E-state index in [0.29, 0.717) is 6.41 Å². The molecular formula is C7H5F2NO2. The van der Waals surface area contributed by atoms with Crippen LogP contribution in [0.15, 0.2) is 12.1 Å². The van der Waals surface area contributed by atoms with Crippen molar-refractivity contribution in [1.29, 1.82) is 0 Å². The standard InChI is InChI=1S/C7H5F2NO2/c8-5-1-4(10-3-11)2-6(12)7(5)9/h1-3,12H,(H,10,11). The number of phenols is 1. The van der Waals surface area contributed by atoms with Crippen molar-refractivity contribution in [2.24, 2.45) is 0 Å². The van der Waals surface area contributed by atoms with Crippen molar-refractivity contribution < 1.29 is 18.7 Å². The van der Waals surface area contributed by atoms with E-state index in [1.165, 1.54) is 0 Å². The number of hydrogen-bond acceptors (Lipinski definition) is 2. The zero-order valence-electron chi connectivity index (χ0n) is 5.84. The molecule has 0 atom stereocenters. The summed E-state index contributed by atoms with van der Waals surface area (Å²) in [6.07, 6.45) is 0.298. The van der Waals surface area contributed by atoms with Gasteiger partial charge in [0, 0.05) is 17.8 Å². The smallest absolute Gasteiger partial charge is 0.211 e. The Labute approximate surface area is 66.6 Å². The first-order chi connectivity index (χ1) is 5.65. The van der Waals surface area contributed by atoms with Gasteiger partial charge in [-0.3, -0.25) is 4.79 Å². The van der Waals surface area contributed by atoms with Crippen molar-refractivity contribution >= 4 is 12.1 Å². The molecule has 0 spiro atoms. The van der Waals surface area contributed by atoms with E-state index in [0.717, 1.165) is 12.1 Å². The maximum atomic E-state index is 12.5. The molecule has 0 heterocycles. The lowest BCUT2D eigenvalue weighted by Crippen LogP contribution is -1.95. The fourth-order valence-corrected chi connectivity index (χ4v) is 0.726. The highest BCUT2D eigenvalue weighted by atomic mass is 19.2. The molecule has 0 aliphatic carbocycles. The molecule has 0 saturated heterocycles. The second kappa shape index (κ2) is 3.17. The van der Waals surface area contributed by atoms with Gasteiger partial charge in [-0.2, -0.15) is 4.39 Å². The van der Waals surface area contributed by atoms with Crippen LogP contribution >= 0.6 is 0 Å². The van der Waals surface area contributed by atoms with Gasteiger partial charge in [0.15, 0.2) is 17.4 Å². The first-order valence-corrected chi connectivity index (χ1v) is 3.03. The summed E-state index contributed by atoms with van der Waals surface area (Å²) in [6, 6.07) is 1.68. The Morgan fingerprint density at radius 2 is 2.08 bits per heavy atom. The van der Waals surface area contributed by atoms with Gasteiger partial charge in [0.05, 0.1) is 0 Å². The van der Waals surface area contributed by atoms with Crippen LogP contribution in [0.4, 0.5) is 14.5 Å². The third-order valence-corrected chi connectivity index (χ3v) is 1.23. The third-order valence-electron chi connectivity index (χ3n) is 1.23. The van der Waals surface area contributed by atoms with E-state index in [1.807, 2.05) is 0 Å². The Balaban J connectivity index is 3.11. The van der Waals surface area contributed by atoms with E-state index in [4.69, 9.17) is 5.11 Å². The van der Waals surface area contributed by atoms with E-state index < -0.39 is 17.4 Å². The summed E-state index contributed by atoms with van der Waals surface area (Å²) >= 11 is 0. The predicted octanol–water partition coefficient (Wildman–Crippen LogP) is 1.24. The zero-order valence-corrected chi connectivity index (χ0v) is 5.84. The van der Waals surface area contributed by atoms with Crippen molar-refractivity contribution in [3.8, 4) is 5.75 Å². The van der Waals surface area contributed by atoms with E-state index in [-0.39, 0.29) is 5.69 Å². The summed E-state index contributed by atoms with van der Waals surface area (Å²) in [5.74, 6) is -3.37. The molecule has 5 heteroatoms. The topological polar surface area (TPSA) is 49.3 Å². The molecular weight excluding hydrogens is 168 g/mol. The first-order valence-electron chi connectivity index (χ1n) is 3.03. The number of anilines is 1. The van der Waals surface area contributed by atoms with Crippen LogP contribution in [-0.2, 0) is 4.79 Å². The lowest BCUT2D eigenvalue weighted by Gasteiger charge is -2.01. The van der Waals surface area contributed by atoms with Crippen LogP contribution in [0.5, 0.6) is 5.75 Å². The second-order valence-corrected chi connectivity index (χ2v) is 2.05. The fourth-order valence-electron chi connectivity index (χ4n) is 0.726. The van der Waals surface area contributed by atoms with Crippen LogP contribution in [0.1, 0.15) is 0 Å². The summed E-state index contributed by atoms with van der Waals surface area (Å²) in [7, 11) is 0. The van der Waals surface area contributed by atoms with Gasteiger partial charge in [-0.25, -0.2) is 4.39 Å². The molecule has 0 unspecified atom stereocenters. The molecule has 2 N–H and O–H groups in total. The Kier molecular flexibility index (Phi) is 2.23. The first kappa shape index (κ1) is 8.45. The molecule has 1 aromatic carbocycles. The number of rotatable bonds is 2. The molecule has 0 aliphatic rings. The normalized spacial score (nSPS) is 9.50. The van der Waals surface area contributed by atoms with E-state index in [2.05, 4.69) is 5.32 Å². The molecule has 0 saturated carbocycles. The Morgan fingerprint density at radius 1 is 1.42 bits per heavy atom. The van der Waals surface area contributed by atoms with Gasteiger partial charge in [0.1, 0.15) is 0 Å². The van der Waals surface area contributed by atoms with E-state index in [1.54, 1.807) is 0 Å². The summed E-state index contributed by atoms with van der Waals surface area (Å²) < 4.78 is 24.9. The number of hydrogen-bond donors (Lipinski definition) is 2. The lowest BCUT2D eigenvalue weighted by atomic mass is 10.3. The predicted molar refractivity (Wildman–Crippen MR) is 37.7 cm³/mol. The molecule has 1 rings (SSSR count). The third kappa shape index (κ3) is 1.50. The van der Waals surface area contributed by atoms with Gasteiger partial charge in [-0.1, -0.05) is 0 Å². The number of aromatic hydroxyl groups is 1. The fraction of sp³-hybridized carbons (Fsp3) is 0. The van der Waals surface area contributed by atoms with Crippen LogP contribution in [0.25, 0.3) is 0 Å². The van der Waals surface area contributed by atoms with Crippen LogP contribution in [-0.4, -0.2) is 11.5 Å². The maximum Gasteiger partial charge on any atom is 0.211 e. The quantitative estimate of drug-likeness (QED) is 0.661. The van der Waals surface area contributed by atoms with E-state index >= 15 is 0 Å². The SMILES string of the molecule is O=CNc1cc(O)c(F)c(F)c1. The summed E-state index contributed by atoms with van der Waals surface area (Å²) in [5.41, 5.74) is 0.00130. The number of halogens is 2. The van der Waals surface area contributed by atoms with Crippen LogP contribution in [0, 0.1) is 11.6 Å². The zero-order chi connectivity index (χ0) is 9.14. The molecule has 0 radical (unpaired) electrons. The van der Waals surface area contributed by atoms with Crippen molar-refractivity contribution in [2.45, 2.75) is 0 Å². The Morgan fingerprint density at radius 3 is 2.58 bits per heavy atom. The molecule has 3 nitrogen and oxygen atoms in total. The monoisotopic (exact) mass is 173 g/mol. The highest BCUT2D eigenvalue weighted by Crippen LogP contribution is 2.22. The van der Waals surface area contributed by atoms with Gasteiger partial charge >= 0.3 is 0 Å². The highest BCUT2D eigenvalue weighted by molar-refractivity contribution is 5.71. The molecule has 0 aromatic heterocycles. The lowest BCUT2D eigenvalue weighted by molar-refractivity contribution is -0.105. The van der Waals surface area contributed by atoms with Crippen LogP contribution in [0.3, 0.4) is 0 Å². The largest absolute Gasteiger partial charge is 0.505 e. The van der Waals surface area contributed by atoms with Crippen molar-refractivity contribution in [3.05, 3.63) is 23.8 Å². The minimum Gasteiger partial charge on any atom is -0.505 e. The van der Waals surface area contributed by atoms with Gasteiger partial charge in [-0.15, -0.1) is 0 Å². The highest BCUT2D eigenvalue weighted by Gasteiger charge is 2.08. The molecule has 0 fully saturated rings. The van der Waals surface area contributed by atoms with Crippen molar-refractivity contribution in [2.75, 3.05) is 5.32 Å². The Hall–Kier alpha value is -1.65. The molecule has 1 amide bonds. The van der Waals surface area contributed by atoms with Crippen molar-refractivity contribution in [3.63, 3.8) is 0 Å². The number of phenolic OH excluding ortho intramolecular Hbond substituents is 1. The molecule has 0 aliphatic heterocycles. The van der Waals surface area contributed by atoms with Crippen LogP contribution < -0.4 is 5.32 Å². The van der Waals surface area contributed by atoms with Crippen molar-refractivity contribution in [1.82, 2.24) is 0 Å². The minimum atomic E-state index is -1.33. The number of nitrogens with one attached hydrogen (secondary N) is 1. The van der Waals surface area contributed by atoms with Gasteiger partial charge in [0.25, 0.3) is 0 Å². The molecule has 1 aromatic rings. The van der Waals surface area contributed by atoms with Gasteiger partial charge in [-0.05, 0) is 0 Å². The summed E-state index contributed by atoms with van der Waals surface area (Å²) in [4.78, 5) is 9.87.